The van der Waals surface area contributed by atoms with Gasteiger partial charge in [0.1, 0.15) is 11.5 Å². The van der Waals surface area contributed by atoms with Gasteiger partial charge in [-0.2, -0.15) is 5.10 Å². The minimum Gasteiger partial charge on any atom is -0.454 e. The van der Waals surface area contributed by atoms with Crippen LogP contribution in [-0.2, 0) is 12.8 Å². The third-order valence-corrected chi connectivity index (χ3v) is 5.15. The first-order chi connectivity index (χ1) is 14.6. The molecule has 0 fully saturated rings. The number of halogens is 1. The molecule has 0 radical (unpaired) electrons. The topological polar surface area (TPSA) is 94.5 Å². The first kappa shape index (κ1) is 18.2. The summed E-state index contributed by atoms with van der Waals surface area (Å²) in [6.45, 7) is 0.104. The third-order valence-electron chi connectivity index (χ3n) is 5.15. The molecule has 2 amide bonds. The van der Waals surface area contributed by atoms with E-state index in [-0.39, 0.29) is 12.5 Å². The van der Waals surface area contributed by atoms with Gasteiger partial charge in [0, 0.05) is 16.8 Å². The summed E-state index contributed by atoms with van der Waals surface area (Å²) in [5.74, 6) is -0.456. The molecule has 0 atom stereocenters. The Morgan fingerprint density at radius 3 is 2.67 bits per heavy atom. The Hall–Kier alpha value is -3.88. The van der Waals surface area contributed by atoms with E-state index in [1.807, 2.05) is 0 Å². The Bertz CT molecular complexity index is 1170. The molecule has 1 aliphatic carbocycles. The number of para-hydroxylation sites is 1. The Morgan fingerprint density at radius 2 is 1.80 bits per heavy atom. The number of carbonyl (C=O) groups is 2. The molecule has 0 spiro atoms. The zero-order valence-corrected chi connectivity index (χ0v) is 15.8. The SMILES string of the molecule is O=C(NNC(=O)c1nn(-c2ccccc2F)c2c1CCC2)c1ccc2c(c1)OCO2. The number of rotatable bonds is 3. The molecule has 1 aromatic heterocycles. The summed E-state index contributed by atoms with van der Waals surface area (Å²) in [4.78, 5) is 25.1. The van der Waals surface area contributed by atoms with Gasteiger partial charge in [0.2, 0.25) is 6.79 Å². The minimum atomic E-state index is -0.558. The average molecular weight is 408 g/mol. The summed E-state index contributed by atoms with van der Waals surface area (Å²) in [5.41, 5.74) is 7.13. The van der Waals surface area contributed by atoms with Crippen molar-refractivity contribution in [2.24, 2.45) is 0 Å². The standard InChI is InChI=1S/C21H17FN4O4/c22-14-5-1-2-6-16(14)26-15-7-3-4-13(15)19(25-26)21(28)24-23-20(27)12-8-9-17-18(10-12)30-11-29-17/h1-2,5-6,8-10H,3-4,7,11H2,(H,23,27)(H,24,28). The first-order valence-corrected chi connectivity index (χ1v) is 9.48. The van der Waals surface area contributed by atoms with Gasteiger partial charge < -0.3 is 9.47 Å². The number of hydrogen-bond donors (Lipinski definition) is 2. The Morgan fingerprint density at radius 1 is 1.00 bits per heavy atom. The molecular weight excluding hydrogens is 391 g/mol. The second-order valence-electron chi connectivity index (χ2n) is 6.97. The lowest BCUT2D eigenvalue weighted by Gasteiger charge is -2.08. The van der Waals surface area contributed by atoms with Gasteiger partial charge in [-0.05, 0) is 49.6 Å². The summed E-state index contributed by atoms with van der Waals surface area (Å²) >= 11 is 0. The van der Waals surface area contributed by atoms with Crippen LogP contribution in [0.5, 0.6) is 11.5 Å². The van der Waals surface area contributed by atoms with Crippen LogP contribution in [0.15, 0.2) is 42.5 Å². The highest BCUT2D eigenvalue weighted by atomic mass is 19.1. The van der Waals surface area contributed by atoms with Crippen LogP contribution in [0.1, 0.15) is 38.5 Å². The van der Waals surface area contributed by atoms with E-state index in [0.717, 1.165) is 17.7 Å². The first-order valence-electron chi connectivity index (χ1n) is 9.48. The van der Waals surface area contributed by atoms with Crippen LogP contribution in [0.4, 0.5) is 4.39 Å². The highest BCUT2D eigenvalue weighted by Crippen LogP contribution is 2.32. The molecular formula is C21H17FN4O4. The third kappa shape index (κ3) is 3.04. The number of aromatic nitrogens is 2. The number of benzene rings is 2. The van der Waals surface area contributed by atoms with E-state index in [2.05, 4.69) is 16.0 Å². The van der Waals surface area contributed by atoms with E-state index in [4.69, 9.17) is 9.47 Å². The number of carbonyl (C=O) groups excluding carboxylic acids is 2. The fraction of sp³-hybridized carbons (Fsp3) is 0.190. The van der Waals surface area contributed by atoms with Crippen molar-refractivity contribution >= 4 is 11.8 Å². The van der Waals surface area contributed by atoms with Crippen LogP contribution in [0.3, 0.4) is 0 Å². The maximum absolute atomic E-state index is 14.3. The largest absolute Gasteiger partial charge is 0.454 e. The molecule has 2 aromatic carbocycles. The summed E-state index contributed by atoms with van der Waals surface area (Å²) < 4.78 is 26.2. The number of ether oxygens (including phenoxy) is 2. The van der Waals surface area contributed by atoms with E-state index in [0.29, 0.717) is 35.6 Å². The van der Waals surface area contributed by atoms with Crippen molar-refractivity contribution in [1.82, 2.24) is 20.6 Å². The van der Waals surface area contributed by atoms with Crippen LogP contribution in [0.25, 0.3) is 5.69 Å². The van der Waals surface area contributed by atoms with Crippen molar-refractivity contribution in [3.05, 3.63) is 70.8 Å². The predicted octanol–water partition coefficient (Wildman–Crippen LogP) is 2.30. The van der Waals surface area contributed by atoms with Crippen molar-refractivity contribution in [3.8, 4) is 17.2 Å². The monoisotopic (exact) mass is 408 g/mol. The lowest BCUT2D eigenvalue weighted by atomic mass is 10.2. The van der Waals surface area contributed by atoms with E-state index >= 15 is 0 Å². The molecule has 30 heavy (non-hydrogen) atoms. The van der Waals surface area contributed by atoms with E-state index in [1.54, 1.807) is 30.3 Å². The van der Waals surface area contributed by atoms with Gasteiger partial charge in [-0.25, -0.2) is 9.07 Å². The van der Waals surface area contributed by atoms with Gasteiger partial charge in [-0.15, -0.1) is 0 Å². The molecule has 5 rings (SSSR count). The molecule has 3 aromatic rings. The van der Waals surface area contributed by atoms with Crippen LogP contribution >= 0.6 is 0 Å². The quantitative estimate of drug-likeness (QED) is 0.649. The fourth-order valence-corrected chi connectivity index (χ4v) is 3.73. The molecule has 0 saturated heterocycles. The molecule has 0 saturated carbocycles. The van der Waals surface area contributed by atoms with Crippen molar-refractivity contribution in [3.63, 3.8) is 0 Å². The van der Waals surface area contributed by atoms with Crippen molar-refractivity contribution in [2.45, 2.75) is 19.3 Å². The van der Waals surface area contributed by atoms with Crippen LogP contribution in [0, 0.1) is 5.82 Å². The molecule has 1 aliphatic heterocycles. The van der Waals surface area contributed by atoms with Gasteiger partial charge in [0.25, 0.3) is 11.8 Å². The maximum Gasteiger partial charge on any atom is 0.290 e. The molecule has 2 heterocycles. The summed E-state index contributed by atoms with van der Waals surface area (Å²) in [5, 5.41) is 4.34. The Labute approximate surface area is 170 Å². The second kappa shape index (κ2) is 7.18. The van der Waals surface area contributed by atoms with Gasteiger partial charge in [-0.1, -0.05) is 12.1 Å². The van der Waals surface area contributed by atoms with Crippen LogP contribution in [0.2, 0.25) is 0 Å². The molecule has 2 N–H and O–H groups in total. The minimum absolute atomic E-state index is 0.104. The van der Waals surface area contributed by atoms with Crippen LogP contribution < -0.4 is 20.3 Å². The molecule has 8 nitrogen and oxygen atoms in total. The predicted molar refractivity (Wildman–Crippen MR) is 103 cm³/mol. The number of hydrazine groups is 1. The van der Waals surface area contributed by atoms with E-state index < -0.39 is 17.6 Å². The van der Waals surface area contributed by atoms with Gasteiger partial charge in [0.05, 0.1) is 0 Å². The molecule has 9 heteroatoms. The molecule has 0 bridgehead atoms. The van der Waals surface area contributed by atoms with Crippen molar-refractivity contribution in [1.29, 1.82) is 0 Å². The summed E-state index contributed by atoms with van der Waals surface area (Å²) in [6, 6.07) is 11.0. The molecule has 152 valence electrons. The number of amides is 2. The maximum atomic E-state index is 14.3. The fourth-order valence-electron chi connectivity index (χ4n) is 3.73. The summed E-state index contributed by atoms with van der Waals surface area (Å²) in [7, 11) is 0. The van der Waals surface area contributed by atoms with Gasteiger partial charge >= 0.3 is 0 Å². The average Bonchev–Trinajstić information content (AvgIpc) is 3.48. The number of nitrogens with one attached hydrogen (secondary N) is 2. The van der Waals surface area contributed by atoms with Gasteiger partial charge in [0.15, 0.2) is 17.2 Å². The lowest BCUT2D eigenvalue weighted by molar-refractivity contribution is 0.0843. The van der Waals surface area contributed by atoms with E-state index in [9.17, 15) is 14.0 Å². The zero-order chi connectivity index (χ0) is 20.7. The number of nitrogens with zero attached hydrogens (tertiary/aromatic N) is 2. The van der Waals surface area contributed by atoms with Crippen molar-refractivity contribution in [2.75, 3.05) is 6.79 Å². The zero-order valence-electron chi connectivity index (χ0n) is 15.8. The Balaban J connectivity index is 1.35. The van der Waals surface area contributed by atoms with E-state index in [1.165, 1.54) is 16.8 Å². The van der Waals surface area contributed by atoms with Gasteiger partial charge in [-0.3, -0.25) is 20.4 Å². The van der Waals surface area contributed by atoms with Crippen molar-refractivity contribution < 1.29 is 23.5 Å². The summed E-state index contributed by atoms with van der Waals surface area (Å²) in [6.07, 6.45) is 2.22. The molecule has 0 unspecified atom stereocenters. The number of fused-ring (bicyclic) bond motifs is 2. The lowest BCUT2D eigenvalue weighted by Crippen LogP contribution is -2.42. The normalized spacial score (nSPS) is 13.8. The highest BCUT2D eigenvalue weighted by molar-refractivity contribution is 5.99. The second-order valence-corrected chi connectivity index (χ2v) is 6.97. The van der Waals surface area contributed by atoms with Crippen LogP contribution in [-0.4, -0.2) is 28.4 Å². The number of hydrogen-bond acceptors (Lipinski definition) is 5. The Kier molecular flexibility index (Phi) is 4.35. The molecule has 2 aliphatic rings. The smallest absolute Gasteiger partial charge is 0.290 e. The highest BCUT2D eigenvalue weighted by Gasteiger charge is 2.28.